The molecule has 0 aromatic heterocycles. The standard InChI is InChI=1S/C3H6ClNO/c1-3(4)5(2)6/h6H,1H2,2H3. The topological polar surface area (TPSA) is 23.5 Å². The van der Waals surface area contributed by atoms with Crippen LogP contribution in [0.15, 0.2) is 11.7 Å². The molecule has 0 aromatic rings. The van der Waals surface area contributed by atoms with Gasteiger partial charge >= 0.3 is 0 Å². The van der Waals surface area contributed by atoms with E-state index in [0.717, 1.165) is 5.06 Å². The summed E-state index contributed by atoms with van der Waals surface area (Å²) in [5, 5.41) is 9.09. The van der Waals surface area contributed by atoms with Crippen LogP contribution in [-0.2, 0) is 0 Å². The van der Waals surface area contributed by atoms with E-state index in [2.05, 4.69) is 6.58 Å². The molecule has 3 heteroatoms. The van der Waals surface area contributed by atoms with Crippen LogP contribution in [0.25, 0.3) is 0 Å². The fourth-order valence-corrected chi connectivity index (χ4v) is 0. The van der Waals surface area contributed by atoms with Crippen molar-refractivity contribution in [2.24, 2.45) is 0 Å². The van der Waals surface area contributed by atoms with E-state index >= 15 is 0 Å². The van der Waals surface area contributed by atoms with Crippen LogP contribution >= 0.6 is 11.6 Å². The zero-order chi connectivity index (χ0) is 5.15. The summed E-state index contributed by atoms with van der Waals surface area (Å²) >= 11 is 5.09. The van der Waals surface area contributed by atoms with Gasteiger partial charge in [0.05, 0.1) is 0 Å². The molecule has 0 fully saturated rings. The summed E-state index contributed by atoms with van der Waals surface area (Å²) in [6, 6.07) is 0. The van der Waals surface area contributed by atoms with Crippen LogP contribution in [0.5, 0.6) is 0 Å². The van der Waals surface area contributed by atoms with Crippen LogP contribution in [0.3, 0.4) is 0 Å². The van der Waals surface area contributed by atoms with Gasteiger partial charge in [-0.15, -0.1) is 0 Å². The van der Waals surface area contributed by atoms with Crippen LogP contribution in [0.1, 0.15) is 0 Å². The summed E-state index contributed by atoms with van der Waals surface area (Å²) < 4.78 is 0. The molecule has 0 amide bonds. The van der Waals surface area contributed by atoms with Crippen LogP contribution in [0, 0.1) is 0 Å². The van der Waals surface area contributed by atoms with Crippen LogP contribution in [0.4, 0.5) is 0 Å². The van der Waals surface area contributed by atoms with Gasteiger partial charge in [0.2, 0.25) is 0 Å². The van der Waals surface area contributed by atoms with Crippen LogP contribution < -0.4 is 0 Å². The molecule has 0 aliphatic rings. The Kier molecular flexibility index (Phi) is 1.98. The maximum Gasteiger partial charge on any atom is 0.121 e. The van der Waals surface area contributed by atoms with E-state index in [-0.39, 0.29) is 5.16 Å². The Labute approximate surface area is 41.6 Å². The largest absolute Gasteiger partial charge is 0.288 e. The Hall–Kier alpha value is -0.210. The van der Waals surface area contributed by atoms with Crippen molar-refractivity contribution in [1.29, 1.82) is 0 Å². The Balaban J connectivity index is 3.26. The van der Waals surface area contributed by atoms with Crippen molar-refractivity contribution in [3.8, 4) is 0 Å². The van der Waals surface area contributed by atoms with Gasteiger partial charge in [-0.3, -0.25) is 5.21 Å². The predicted molar refractivity (Wildman–Crippen MR) is 24.5 cm³/mol. The summed E-state index contributed by atoms with van der Waals surface area (Å²) in [5.41, 5.74) is 0. The number of hydroxylamine groups is 2. The van der Waals surface area contributed by atoms with Gasteiger partial charge in [0, 0.05) is 7.05 Å². The van der Waals surface area contributed by atoms with Crippen molar-refractivity contribution in [3.63, 3.8) is 0 Å². The molecule has 1 N–H and O–H groups in total. The normalized spacial score (nSPS) is 7.83. The monoisotopic (exact) mass is 107 g/mol. The Morgan fingerprint density at radius 1 is 2.00 bits per heavy atom. The molecule has 0 heterocycles. The van der Waals surface area contributed by atoms with Crippen LogP contribution in [-0.4, -0.2) is 17.3 Å². The maximum atomic E-state index is 8.23. The molecule has 0 aliphatic carbocycles. The molecule has 6 heavy (non-hydrogen) atoms. The zero-order valence-electron chi connectivity index (χ0n) is 3.48. The molecule has 2 nitrogen and oxygen atoms in total. The molecule has 0 spiro atoms. The second-order valence-corrected chi connectivity index (χ2v) is 1.34. The summed E-state index contributed by atoms with van der Waals surface area (Å²) in [5.74, 6) is 0. The third-order valence-electron chi connectivity index (χ3n) is 0.351. The quantitative estimate of drug-likeness (QED) is 0.400. The number of hydrogen-bond donors (Lipinski definition) is 1. The smallest absolute Gasteiger partial charge is 0.121 e. The highest BCUT2D eigenvalue weighted by molar-refractivity contribution is 6.28. The highest BCUT2D eigenvalue weighted by Gasteiger charge is 1.85. The first-order valence-electron chi connectivity index (χ1n) is 1.41. The molecule has 0 bridgehead atoms. The lowest BCUT2D eigenvalue weighted by atomic mass is 11.0. The average molecular weight is 108 g/mol. The van der Waals surface area contributed by atoms with Crippen molar-refractivity contribution >= 4 is 11.6 Å². The zero-order valence-corrected chi connectivity index (χ0v) is 4.24. The van der Waals surface area contributed by atoms with E-state index in [1.807, 2.05) is 0 Å². The Bertz CT molecular complexity index is 61.8. The van der Waals surface area contributed by atoms with E-state index in [9.17, 15) is 0 Å². The minimum Gasteiger partial charge on any atom is -0.288 e. The summed E-state index contributed by atoms with van der Waals surface area (Å²) in [7, 11) is 1.40. The summed E-state index contributed by atoms with van der Waals surface area (Å²) in [4.78, 5) is 0. The lowest BCUT2D eigenvalue weighted by molar-refractivity contribution is -0.0183. The average Bonchev–Trinajstić information content (AvgIpc) is 1.36. The molecule has 0 aromatic carbocycles. The van der Waals surface area contributed by atoms with Crippen molar-refractivity contribution < 1.29 is 5.21 Å². The molecule has 0 saturated carbocycles. The van der Waals surface area contributed by atoms with E-state index < -0.39 is 0 Å². The molecule has 0 aliphatic heterocycles. The predicted octanol–water partition coefficient (Wildman–Crippen LogP) is 1.02. The van der Waals surface area contributed by atoms with Crippen molar-refractivity contribution in [2.45, 2.75) is 0 Å². The number of halogens is 1. The highest BCUT2D eigenvalue weighted by atomic mass is 35.5. The van der Waals surface area contributed by atoms with Gasteiger partial charge in [-0.05, 0) is 0 Å². The Morgan fingerprint density at radius 3 is 2.17 bits per heavy atom. The minimum absolute atomic E-state index is 0.120. The van der Waals surface area contributed by atoms with Gasteiger partial charge < -0.3 is 0 Å². The second kappa shape index (κ2) is 2.05. The first-order valence-corrected chi connectivity index (χ1v) is 1.79. The van der Waals surface area contributed by atoms with Crippen molar-refractivity contribution in [3.05, 3.63) is 11.7 Å². The second-order valence-electron chi connectivity index (χ2n) is 0.900. The first kappa shape index (κ1) is 5.79. The van der Waals surface area contributed by atoms with Crippen molar-refractivity contribution in [1.82, 2.24) is 5.06 Å². The number of hydrogen-bond acceptors (Lipinski definition) is 2. The fraction of sp³-hybridized carbons (Fsp3) is 0.333. The first-order chi connectivity index (χ1) is 2.64. The lowest BCUT2D eigenvalue weighted by Crippen LogP contribution is -2.05. The minimum atomic E-state index is 0.120. The molecular weight excluding hydrogens is 101 g/mol. The lowest BCUT2D eigenvalue weighted by Gasteiger charge is -2.03. The van der Waals surface area contributed by atoms with Gasteiger partial charge in [0.15, 0.2) is 0 Å². The van der Waals surface area contributed by atoms with Crippen LogP contribution in [0.2, 0.25) is 0 Å². The van der Waals surface area contributed by atoms with Crippen molar-refractivity contribution in [2.75, 3.05) is 7.05 Å². The summed E-state index contributed by atoms with van der Waals surface area (Å²) in [6.07, 6.45) is 0. The fourth-order valence-electron chi connectivity index (χ4n) is 0. The molecule has 0 radical (unpaired) electrons. The van der Waals surface area contributed by atoms with E-state index in [4.69, 9.17) is 16.8 Å². The van der Waals surface area contributed by atoms with E-state index in [0.29, 0.717) is 0 Å². The molecule has 0 saturated heterocycles. The van der Waals surface area contributed by atoms with Gasteiger partial charge in [-0.2, -0.15) is 0 Å². The highest BCUT2D eigenvalue weighted by Crippen LogP contribution is 1.96. The molecule has 0 rings (SSSR count). The van der Waals surface area contributed by atoms with Gasteiger partial charge in [0.1, 0.15) is 5.16 Å². The molecular formula is C3H6ClNO. The molecule has 0 atom stereocenters. The Morgan fingerprint density at radius 2 is 2.17 bits per heavy atom. The maximum absolute atomic E-state index is 8.23. The summed E-state index contributed by atoms with van der Waals surface area (Å²) in [6.45, 7) is 3.20. The SMILES string of the molecule is C=C(Cl)N(C)O. The third kappa shape index (κ3) is 2.05. The number of nitrogens with zero attached hydrogens (tertiary/aromatic N) is 1. The molecule has 36 valence electrons. The van der Waals surface area contributed by atoms with E-state index in [1.165, 1.54) is 7.05 Å². The third-order valence-corrected chi connectivity index (χ3v) is 0.596. The van der Waals surface area contributed by atoms with Gasteiger partial charge in [-0.1, -0.05) is 18.2 Å². The number of rotatable bonds is 1. The molecule has 0 unspecified atom stereocenters. The van der Waals surface area contributed by atoms with Gasteiger partial charge in [-0.25, -0.2) is 5.06 Å². The van der Waals surface area contributed by atoms with Gasteiger partial charge in [0.25, 0.3) is 0 Å². The van der Waals surface area contributed by atoms with E-state index in [1.54, 1.807) is 0 Å².